The zero-order valence-corrected chi connectivity index (χ0v) is 10.7. The van der Waals surface area contributed by atoms with Crippen LogP contribution >= 0.6 is 0 Å². The number of anilines is 1. The molecule has 1 aliphatic carbocycles. The molecule has 1 aromatic rings. The van der Waals surface area contributed by atoms with Crippen LogP contribution in [-0.2, 0) is 9.53 Å². The number of amides is 1. The first kappa shape index (κ1) is 13.3. The number of nitrogens with one attached hydrogen (secondary N) is 2. The smallest absolute Gasteiger partial charge is 0.343 e. The van der Waals surface area contributed by atoms with Gasteiger partial charge in [0, 0.05) is 25.2 Å². The highest BCUT2D eigenvalue weighted by atomic mass is 16.5. The van der Waals surface area contributed by atoms with Crippen LogP contribution in [0.15, 0.2) is 12.5 Å². The van der Waals surface area contributed by atoms with Crippen molar-refractivity contribution in [3.63, 3.8) is 0 Å². The SMILES string of the molecule is COC(=O)c1cncnc1NCCNC(=O)C1CC1. The molecule has 2 N–H and O–H groups in total. The van der Waals surface area contributed by atoms with Crippen LogP contribution in [0.2, 0.25) is 0 Å². The van der Waals surface area contributed by atoms with Gasteiger partial charge in [0.25, 0.3) is 0 Å². The Labute approximate surface area is 110 Å². The van der Waals surface area contributed by atoms with E-state index in [-0.39, 0.29) is 17.4 Å². The van der Waals surface area contributed by atoms with Gasteiger partial charge < -0.3 is 15.4 Å². The highest BCUT2D eigenvalue weighted by Gasteiger charge is 2.28. The first-order valence-electron chi connectivity index (χ1n) is 6.12. The van der Waals surface area contributed by atoms with E-state index < -0.39 is 5.97 Å². The number of hydrogen-bond donors (Lipinski definition) is 2. The second kappa shape index (κ2) is 6.12. The number of carbonyl (C=O) groups excluding carboxylic acids is 2. The van der Waals surface area contributed by atoms with Crippen molar-refractivity contribution in [1.82, 2.24) is 15.3 Å². The first-order valence-corrected chi connectivity index (χ1v) is 6.12. The van der Waals surface area contributed by atoms with Crippen LogP contribution < -0.4 is 10.6 Å². The lowest BCUT2D eigenvalue weighted by molar-refractivity contribution is -0.122. The van der Waals surface area contributed by atoms with Crippen molar-refractivity contribution in [3.05, 3.63) is 18.1 Å². The highest BCUT2D eigenvalue weighted by Crippen LogP contribution is 2.28. The highest BCUT2D eigenvalue weighted by molar-refractivity contribution is 5.94. The lowest BCUT2D eigenvalue weighted by Crippen LogP contribution is -2.30. The summed E-state index contributed by atoms with van der Waals surface area (Å²) in [6.07, 6.45) is 4.71. The number of rotatable bonds is 6. The van der Waals surface area contributed by atoms with Crippen LogP contribution in [0.4, 0.5) is 5.82 Å². The molecule has 1 saturated carbocycles. The Balaban J connectivity index is 1.81. The van der Waals surface area contributed by atoms with Gasteiger partial charge in [0.05, 0.1) is 7.11 Å². The quantitative estimate of drug-likeness (QED) is 0.563. The summed E-state index contributed by atoms with van der Waals surface area (Å²) in [5.41, 5.74) is 0.276. The monoisotopic (exact) mass is 264 g/mol. The zero-order valence-electron chi connectivity index (χ0n) is 10.7. The minimum absolute atomic E-state index is 0.0951. The van der Waals surface area contributed by atoms with Crippen LogP contribution in [0.5, 0.6) is 0 Å². The van der Waals surface area contributed by atoms with E-state index in [0.29, 0.717) is 18.9 Å². The Morgan fingerprint density at radius 3 is 2.89 bits per heavy atom. The molecule has 19 heavy (non-hydrogen) atoms. The van der Waals surface area contributed by atoms with Crippen LogP contribution in [0.3, 0.4) is 0 Å². The number of esters is 1. The number of aromatic nitrogens is 2. The normalized spacial score (nSPS) is 13.7. The van der Waals surface area contributed by atoms with E-state index in [4.69, 9.17) is 0 Å². The van der Waals surface area contributed by atoms with Crippen LogP contribution in [0.1, 0.15) is 23.2 Å². The molecule has 0 aromatic carbocycles. The van der Waals surface area contributed by atoms with Gasteiger partial charge in [0.15, 0.2) is 0 Å². The van der Waals surface area contributed by atoms with Gasteiger partial charge in [0.2, 0.25) is 5.91 Å². The molecule has 0 unspecified atom stereocenters. The third kappa shape index (κ3) is 3.64. The lowest BCUT2D eigenvalue weighted by Gasteiger charge is -2.09. The second-order valence-corrected chi connectivity index (χ2v) is 4.27. The van der Waals surface area contributed by atoms with Crippen molar-refractivity contribution < 1.29 is 14.3 Å². The molecule has 0 radical (unpaired) electrons. The zero-order chi connectivity index (χ0) is 13.7. The van der Waals surface area contributed by atoms with E-state index >= 15 is 0 Å². The summed E-state index contributed by atoms with van der Waals surface area (Å²) >= 11 is 0. The molecule has 1 heterocycles. The number of nitrogens with zero attached hydrogens (tertiary/aromatic N) is 2. The summed E-state index contributed by atoms with van der Waals surface area (Å²) < 4.78 is 4.63. The van der Waals surface area contributed by atoms with Gasteiger partial charge in [-0.2, -0.15) is 0 Å². The van der Waals surface area contributed by atoms with E-state index in [9.17, 15) is 9.59 Å². The van der Waals surface area contributed by atoms with Gasteiger partial charge >= 0.3 is 5.97 Å². The average molecular weight is 264 g/mol. The molecule has 7 nitrogen and oxygen atoms in total. The standard InChI is InChI=1S/C12H16N4O3/c1-19-12(18)9-6-13-7-16-10(9)14-4-5-15-11(17)8-2-3-8/h6-8H,2-5H2,1H3,(H,15,17)(H,13,14,16). The van der Waals surface area contributed by atoms with Crippen molar-refractivity contribution in [2.75, 3.05) is 25.5 Å². The van der Waals surface area contributed by atoms with Crippen LogP contribution in [0.25, 0.3) is 0 Å². The van der Waals surface area contributed by atoms with Crippen molar-refractivity contribution in [2.24, 2.45) is 5.92 Å². The molecule has 0 aliphatic heterocycles. The van der Waals surface area contributed by atoms with Crippen LogP contribution in [0, 0.1) is 5.92 Å². The molecular formula is C12H16N4O3. The molecule has 1 amide bonds. The minimum atomic E-state index is -0.495. The molecule has 0 spiro atoms. The van der Waals surface area contributed by atoms with E-state index in [1.807, 2.05) is 0 Å². The van der Waals surface area contributed by atoms with Crippen molar-refractivity contribution >= 4 is 17.7 Å². The van der Waals surface area contributed by atoms with E-state index in [1.54, 1.807) is 0 Å². The summed E-state index contributed by atoms with van der Waals surface area (Å²) in [5, 5.41) is 5.79. The number of hydrogen-bond acceptors (Lipinski definition) is 6. The Hall–Kier alpha value is -2.18. The van der Waals surface area contributed by atoms with Crippen LogP contribution in [-0.4, -0.2) is 42.0 Å². The minimum Gasteiger partial charge on any atom is -0.465 e. The summed E-state index contributed by atoms with van der Waals surface area (Å²) in [6, 6.07) is 0. The van der Waals surface area contributed by atoms with Crippen molar-refractivity contribution in [3.8, 4) is 0 Å². The topological polar surface area (TPSA) is 93.2 Å². The number of ether oxygens (including phenoxy) is 1. The fraction of sp³-hybridized carbons (Fsp3) is 0.500. The van der Waals surface area contributed by atoms with Gasteiger partial charge in [-0.3, -0.25) is 4.79 Å². The van der Waals surface area contributed by atoms with Gasteiger partial charge in [-0.05, 0) is 12.8 Å². The molecule has 7 heteroatoms. The molecule has 1 aliphatic rings. The maximum absolute atomic E-state index is 11.5. The largest absolute Gasteiger partial charge is 0.465 e. The molecule has 102 valence electrons. The maximum Gasteiger partial charge on any atom is 0.343 e. The lowest BCUT2D eigenvalue weighted by atomic mass is 10.3. The van der Waals surface area contributed by atoms with Crippen molar-refractivity contribution in [1.29, 1.82) is 0 Å². The van der Waals surface area contributed by atoms with Gasteiger partial charge in [-0.25, -0.2) is 14.8 Å². The van der Waals surface area contributed by atoms with Gasteiger partial charge in [-0.15, -0.1) is 0 Å². The summed E-state index contributed by atoms with van der Waals surface area (Å²) in [4.78, 5) is 30.6. The summed E-state index contributed by atoms with van der Waals surface area (Å²) in [5.74, 6) is 0.204. The molecule has 0 atom stereocenters. The molecule has 0 bridgehead atoms. The summed E-state index contributed by atoms with van der Waals surface area (Å²) in [7, 11) is 1.30. The molecule has 1 fully saturated rings. The van der Waals surface area contributed by atoms with Gasteiger partial charge in [-0.1, -0.05) is 0 Å². The maximum atomic E-state index is 11.5. The molecule has 0 saturated heterocycles. The van der Waals surface area contributed by atoms with E-state index in [2.05, 4.69) is 25.3 Å². The first-order chi connectivity index (χ1) is 9.22. The predicted octanol–water partition coefficient (Wildman–Crippen LogP) is 0.201. The molecule has 2 rings (SSSR count). The molecular weight excluding hydrogens is 248 g/mol. The summed E-state index contributed by atoms with van der Waals surface area (Å²) in [6.45, 7) is 0.972. The Morgan fingerprint density at radius 1 is 1.42 bits per heavy atom. The third-order valence-electron chi connectivity index (χ3n) is 2.78. The van der Waals surface area contributed by atoms with Crippen molar-refractivity contribution in [2.45, 2.75) is 12.8 Å². The second-order valence-electron chi connectivity index (χ2n) is 4.27. The molecule has 1 aromatic heterocycles. The Bertz CT molecular complexity index is 474. The average Bonchev–Trinajstić information content (AvgIpc) is 3.27. The van der Waals surface area contributed by atoms with E-state index in [1.165, 1.54) is 19.6 Å². The fourth-order valence-corrected chi connectivity index (χ4v) is 1.59. The number of methoxy groups -OCH3 is 1. The fourth-order valence-electron chi connectivity index (χ4n) is 1.59. The Morgan fingerprint density at radius 2 is 2.21 bits per heavy atom. The predicted molar refractivity (Wildman–Crippen MR) is 67.6 cm³/mol. The van der Waals surface area contributed by atoms with E-state index in [0.717, 1.165) is 12.8 Å². The Kier molecular flexibility index (Phi) is 4.27. The number of carbonyl (C=O) groups is 2. The van der Waals surface area contributed by atoms with Gasteiger partial charge in [0.1, 0.15) is 17.7 Å². The third-order valence-corrected chi connectivity index (χ3v) is 2.78.